The number of ether oxygens (including phenoxy) is 1. The Morgan fingerprint density at radius 1 is 1.15 bits per heavy atom. The third kappa shape index (κ3) is 3.95. The van der Waals surface area contributed by atoms with Gasteiger partial charge in [0.1, 0.15) is 11.5 Å². The third-order valence-corrected chi connectivity index (χ3v) is 4.63. The molecule has 1 aliphatic rings. The number of benzene rings is 2. The van der Waals surface area contributed by atoms with E-state index in [2.05, 4.69) is 0 Å². The zero-order valence-corrected chi connectivity index (χ0v) is 15.0. The monoisotopic (exact) mass is 385 g/mol. The normalized spacial score (nSPS) is 16.6. The highest BCUT2D eigenvalue weighted by molar-refractivity contribution is 8.19. The minimum absolute atomic E-state index is 0.0277. The van der Waals surface area contributed by atoms with Gasteiger partial charge in [0, 0.05) is 5.56 Å². The molecule has 0 bridgehead atoms. The molecule has 2 N–H and O–H groups in total. The Morgan fingerprint density at radius 2 is 1.81 bits per heavy atom. The number of amides is 2. The summed E-state index contributed by atoms with van der Waals surface area (Å²) in [7, 11) is 0. The second-order valence-corrected chi connectivity index (χ2v) is 6.66. The fraction of sp³-hybridized carbons (Fsp3) is 0.105. The number of phenols is 1. The molecule has 7 nitrogen and oxygen atoms in total. The molecule has 1 unspecified atom stereocenters. The first-order valence-corrected chi connectivity index (χ1v) is 8.74. The first-order chi connectivity index (χ1) is 12.9. The molecule has 0 spiro atoms. The summed E-state index contributed by atoms with van der Waals surface area (Å²) in [5.74, 6) is -1.29. The van der Waals surface area contributed by atoms with E-state index in [1.54, 1.807) is 24.3 Å². The fourth-order valence-corrected chi connectivity index (χ4v) is 3.21. The molecule has 2 amide bonds. The highest BCUT2D eigenvalue weighted by Gasteiger charge is 2.36. The lowest BCUT2D eigenvalue weighted by Gasteiger charge is -2.13. The number of para-hydroxylation sites is 1. The van der Waals surface area contributed by atoms with Crippen LogP contribution in [-0.4, -0.2) is 33.4 Å². The van der Waals surface area contributed by atoms with Gasteiger partial charge in [-0.15, -0.1) is 0 Å². The van der Waals surface area contributed by atoms with Crippen LogP contribution in [0.25, 0.3) is 6.08 Å². The summed E-state index contributed by atoms with van der Waals surface area (Å²) in [6.07, 6.45) is 0.432. The van der Waals surface area contributed by atoms with Crippen molar-refractivity contribution in [2.75, 3.05) is 4.90 Å². The summed E-state index contributed by atoms with van der Waals surface area (Å²) >= 11 is 0.774. The number of thioether (sulfide) groups is 1. The lowest BCUT2D eigenvalue weighted by atomic mass is 10.1. The summed E-state index contributed by atoms with van der Waals surface area (Å²) in [6, 6.07) is 12.4. The van der Waals surface area contributed by atoms with E-state index in [0.717, 1.165) is 16.7 Å². The van der Waals surface area contributed by atoms with Crippen LogP contribution < -0.4 is 9.64 Å². The summed E-state index contributed by atoms with van der Waals surface area (Å²) in [5, 5.41) is 17.9. The van der Waals surface area contributed by atoms with Crippen LogP contribution >= 0.6 is 11.8 Å². The van der Waals surface area contributed by atoms with Gasteiger partial charge in [-0.1, -0.05) is 18.2 Å². The van der Waals surface area contributed by atoms with Gasteiger partial charge in [-0.2, -0.15) is 0 Å². The number of aliphatic carboxylic acids is 1. The second-order valence-electron chi connectivity index (χ2n) is 5.67. The molecule has 8 heteroatoms. The SMILES string of the molecule is CC(Oc1ccccc1/C=C1/SC(=O)N(c2ccc(O)cc2)C1=O)C(=O)O. The Labute approximate surface area is 158 Å². The average Bonchev–Trinajstić information content (AvgIpc) is 2.91. The minimum Gasteiger partial charge on any atom is -0.508 e. The maximum absolute atomic E-state index is 12.7. The maximum atomic E-state index is 12.7. The van der Waals surface area contributed by atoms with E-state index in [1.165, 1.54) is 37.3 Å². The molecule has 1 atom stereocenters. The number of rotatable bonds is 5. The Hall–Kier alpha value is -3.26. The molecule has 1 aliphatic heterocycles. The fourth-order valence-electron chi connectivity index (χ4n) is 2.38. The van der Waals surface area contributed by atoms with Crippen LogP contribution in [0.4, 0.5) is 10.5 Å². The molecular formula is C19H15NO6S. The van der Waals surface area contributed by atoms with Crippen LogP contribution in [0.5, 0.6) is 11.5 Å². The zero-order chi connectivity index (χ0) is 19.6. The predicted molar refractivity (Wildman–Crippen MR) is 101 cm³/mol. The van der Waals surface area contributed by atoms with E-state index >= 15 is 0 Å². The smallest absolute Gasteiger partial charge is 0.344 e. The van der Waals surface area contributed by atoms with Crippen molar-refractivity contribution in [1.82, 2.24) is 0 Å². The van der Waals surface area contributed by atoms with E-state index < -0.39 is 23.2 Å². The first-order valence-electron chi connectivity index (χ1n) is 7.92. The van der Waals surface area contributed by atoms with Crippen molar-refractivity contribution >= 4 is 40.6 Å². The number of phenolic OH excluding ortho intramolecular Hbond substituents is 1. The van der Waals surface area contributed by atoms with Crippen LogP contribution in [0.15, 0.2) is 53.4 Å². The molecule has 0 saturated carbocycles. The van der Waals surface area contributed by atoms with E-state index in [1.807, 2.05) is 0 Å². The number of carboxylic acid groups (broad SMARTS) is 1. The van der Waals surface area contributed by atoms with Crippen LogP contribution in [-0.2, 0) is 9.59 Å². The number of anilines is 1. The summed E-state index contributed by atoms with van der Waals surface area (Å²) in [6.45, 7) is 1.40. The number of aromatic hydroxyl groups is 1. The topological polar surface area (TPSA) is 104 Å². The molecule has 0 aromatic heterocycles. The molecule has 1 fully saturated rings. The van der Waals surface area contributed by atoms with Gasteiger partial charge in [0.25, 0.3) is 11.1 Å². The number of hydrogen-bond acceptors (Lipinski definition) is 6. The van der Waals surface area contributed by atoms with Crippen LogP contribution in [0.1, 0.15) is 12.5 Å². The van der Waals surface area contributed by atoms with Gasteiger partial charge in [-0.3, -0.25) is 9.59 Å². The van der Waals surface area contributed by atoms with Crippen molar-refractivity contribution in [3.05, 3.63) is 59.0 Å². The first kappa shape index (κ1) is 18.5. The largest absolute Gasteiger partial charge is 0.508 e. The number of carbonyl (C=O) groups excluding carboxylic acids is 2. The van der Waals surface area contributed by atoms with Crippen molar-refractivity contribution in [3.63, 3.8) is 0 Å². The van der Waals surface area contributed by atoms with E-state index in [9.17, 15) is 19.5 Å². The van der Waals surface area contributed by atoms with Gasteiger partial charge < -0.3 is 14.9 Å². The van der Waals surface area contributed by atoms with Crippen LogP contribution in [0, 0.1) is 0 Å². The third-order valence-electron chi connectivity index (χ3n) is 3.76. The quantitative estimate of drug-likeness (QED) is 0.759. The summed E-state index contributed by atoms with van der Waals surface area (Å²) < 4.78 is 5.41. The Bertz CT molecular complexity index is 937. The van der Waals surface area contributed by atoms with Gasteiger partial charge >= 0.3 is 5.97 Å². The van der Waals surface area contributed by atoms with Crippen molar-refractivity contribution < 1.29 is 29.3 Å². The van der Waals surface area contributed by atoms with E-state index in [-0.39, 0.29) is 10.7 Å². The van der Waals surface area contributed by atoms with Crippen molar-refractivity contribution in [3.8, 4) is 11.5 Å². The highest BCUT2D eigenvalue weighted by Crippen LogP contribution is 2.37. The molecule has 27 heavy (non-hydrogen) atoms. The maximum Gasteiger partial charge on any atom is 0.344 e. The van der Waals surface area contributed by atoms with Gasteiger partial charge in [0.2, 0.25) is 0 Å². The minimum atomic E-state index is -1.11. The Balaban J connectivity index is 1.90. The average molecular weight is 385 g/mol. The second kappa shape index (κ2) is 7.55. The number of nitrogens with zero attached hydrogens (tertiary/aromatic N) is 1. The van der Waals surface area contributed by atoms with E-state index in [4.69, 9.17) is 9.84 Å². The Kier molecular flexibility index (Phi) is 5.18. The van der Waals surface area contributed by atoms with Crippen molar-refractivity contribution in [2.45, 2.75) is 13.0 Å². The zero-order valence-electron chi connectivity index (χ0n) is 14.2. The lowest BCUT2D eigenvalue weighted by molar-refractivity contribution is -0.144. The molecule has 1 saturated heterocycles. The predicted octanol–water partition coefficient (Wildman–Crippen LogP) is 3.49. The summed E-state index contributed by atoms with van der Waals surface area (Å²) in [5.41, 5.74) is 0.838. The molecule has 138 valence electrons. The Morgan fingerprint density at radius 3 is 2.48 bits per heavy atom. The molecule has 0 radical (unpaired) electrons. The van der Waals surface area contributed by atoms with E-state index in [0.29, 0.717) is 17.0 Å². The standard InChI is InChI=1S/C19H15NO6S/c1-11(18(23)24)26-15-5-3-2-4-12(15)10-16-17(22)20(19(25)27-16)13-6-8-14(21)9-7-13/h2-11,21H,1H3,(H,23,24)/b16-10+. The summed E-state index contributed by atoms with van der Waals surface area (Å²) in [4.78, 5) is 37.2. The molecule has 0 aliphatic carbocycles. The van der Waals surface area contributed by atoms with Gasteiger partial charge in [0.05, 0.1) is 10.6 Å². The molecule has 2 aromatic carbocycles. The number of carbonyl (C=O) groups is 3. The number of hydrogen-bond donors (Lipinski definition) is 2. The molecular weight excluding hydrogens is 370 g/mol. The van der Waals surface area contributed by atoms with Crippen molar-refractivity contribution in [2.24, 2.45) is 0 Å². The highest BCUT2D eigenvalue weighted by atomic mass is 32.2. The van der Waals surface area contributed by atoms with Crippen molar-refractivity contribution in [1.29, 1.82) is 0 Å². The van der Waals surface area contributed by atoms with Gasteiger partial charge in [0.15, 0.2) is 6.10 Å². The number of carboxylic acids is 1. The van der Waals surface area contributed by atoms with Gasteiger partial charge in [-0.05, 0) is 55.1 Å². The van der Waals surface area contributed by atoms with Crippen LogP contribution in [0.2, 0.25) is 0 Å². The molecule has 1 heterocycles. The lowest BCUT2D eigenvalue weighted by Crippen LogP contribution is -2.27. The van der Waals surface area contributed by atoms with Crippen LogP contribution in [0.3, 0.4) is 0 Å². The number of imide groups is 1. The molecule has 3 rings (SSSR count). The molecule has 2 aromatic rings. The van der Waals surface area contributed by atoms with Gasteiger partial charge in [-0.25, -0.2) is 9.69 Å².